The van der Waals surface area contributed by atoms with Crippen molar-refractivity contribution in [2.24, 2.45) is 0 Å². The van der Waals surface area contributed by atoms with E-state index < -0.39 is 11.6 Å². The Hall–Kier alpha value is -4.00. The van der Waals surface area contributed by atoms with Gasteiger partial charge in [-0.15, -0.1) is 12.4 Å². The number of ether oxygens (including phenoxy) is 1. The maximum atomic E-state index is 14.8. The smallest absolute Gasteiger partial charge is 0.255 e. The Morgan fingerprint density at radius 1 is 1.05 bits per heavy atom. The summed E-state index contributed by atoms with van der Waals surface area (Å²) in [5, 5.41) is 6.22. The van der Waals surface area contributed by atoms with Crippen molar-refractivity contribution in [3.05, 3.63) is 71.1 Å². The van der Waals surface area contributed by atoms with E-state index >= 15 is 0 Å². The lowest BCUT2D eigenvalue weighted by Gasteiger charge is -2.35. The summed E-state index contributed by atoms with van der Waals surface area (Å²) in [4.78, 5) is 37.3. The highest BCUT2D eigenvalue weighted by Gasteiger charge is 2.26. The standard InChI is InChI=1S/C27H26ClF2N7O3.ClH/c1-31-15-22(38)35-9-11-36(12-10-35)27(39)17-4-3-16(13-19(17)28)34-25-26-33-14-20(37(26)8-7-32-25)18-5-6-21(40-2)24(30)23(18)29;/h3-8,13-14,31H,9-12,15H2,1-2H3,(H,32,34);1H. The van der Waals surface area contributed by atoms with Crippen LogP contribution in [-0.4, -0.2) is 82.9 Å². The first kappa shape index (κ1) is 30.0. The number of halogens is 4. The molecule has 1 saturated heterocycles. The number of carbonyl (C=O) groups is 2. The maximum absolute atomic E-state index is 14.8. The van der Waals surface area contributed by atoms with Crippen LogP contribution in [0.4, 0.5) is 20.3 Å². The number of nitrogens with one attached hydrogen (secondary N) is 2. The van der Waals surface area contributed by atoms with Crippen molar-refractivity contribution in [1.29, 1.82) is 0 Å². The zero-order valence-corrected chi connectivity index (χ0v) is 23.7. The molecule has 41 heavy (non-hydrogen) atoms. The predicted octanol–water partition coefficient (Wildman–Crippen LogP) is 4.01. The number of methoxy groups -OCH3 is 1. The van der Waals surface area contributed by atoms with Gasteiger partial charge in [-0.3, -0.25) is 14.0 Å². The lowest BCUT2D eigenvalue weighted by molar-refractivity contribution is -0.131. The number of benzene rings is 2. The summed E-state index contributed by atoms with van der Waals surface area (Å²) < 4.78 is 35.5. The second-order valence-electron chi connectivity index (χ2n) is 9.08. The third-order valence-corrected chi connectivity index (χ3v) is 6.99. The molecule has 1 aliphatic rings. The molecule has 4 aromatic rings. The van der Waals surface area contributed by atoms with Gasteiger partial charge in [0, 0.05) is 49.8 Å². The Balaban J connectivity index is 0.00000387. The highest BCUT2D eigenvalue weighted by Crippen LogP contribution is 2.32. The minimum Gasteiger partial charge on any atom is -0.494 e. The van der Waals surface area contributed by atoms with Gasteiger partial charge in [0.15, 0.2) is 23.0 Å². The van der Waals surface area contributed by atoms with Gasteiger partial charge >= 0.3 is 0 Å². The first-order chi connectivity index (χ1) is 19.3. The summed E-state index contributed by atoms with van der Waals surface area (Å²) in [6.07, 6.45) is 4.51. The highest BCUT2D eigenvalue weighted by atomic mass is 35.5. The molecule has 0 radical (unpaired) electrons. The summed E-state index contributed by atoms with van der Waals surface area (Å²) >= 11 is 6.50. The van der Waals surface area contributed by atoms with Crippen LogP contribution < -0.4 is 15.4 Å². The Kier molecular flexibility index (Phi) is 9.26. The predicted molar refractivity (Wildman–Crippen MR) is 153 cm³/mol. The van der Waals surface area contributed by atoms with E-state index in [1.54, 1.807) is 45.6 Å². The van der Waals surface area contributed by atoms with Crippen molar-refractivity contribution < 1.29 is 23.1 Å². The summed E-state index contributed by atoms with van der Waals surface area (Å²) in [5.74, 6) is -2.21. The number of hydrogen-bond donors (Lipinski definition) is 2. The van der Waals surface area contributed by atoms with Crippen LogP contribution in [0.2, 0.25) is 5.02 Å². The molecule has 1 aliphatic heterocycles. The fourth-order valence-electron chi connectivity index (χ4n) is 4.59. The zero-order valence-electron chi connectivity index (χ0n) is 22.2. The fourth-order valence-corrected chi connectivity index (χ4v) is 4.85. The van der Waals surface area contributed by atoms with E-state index in [0.29, 0.717) is 54.6 Å². The molecule has 0 bridgehead atoms. The monoisotopic (exact) mass is 605 g/mol. The average Bonchev–Trinajstić information content (AvgIpc) is 3.39. The third-order valence-electron chi connectivity index (χ3n) is 6.68. The minimum absolute atomic E-state index is 0. The zero-order chi connectivity index (χ0) is 28.4. The lowest BCUT2D eigenvalue weighted by Crippen LogP contribution is -2.52. The molecular formula is C27H27Cl2F2N7O3. The quantitative estimate of drug-likeness (QED) is 0.328. The molecule has 0 atom stereocenters. The normalized spacial score (nSPS) is 13.2. The van der Waals surface area contributed by atoms with Gasteiger partial charge < -0.3 is 25.2 Å². The molecule has 2 amide bonds. The first-order valence-electron chi connectivity index (χ1n) is 12.4. The average molecular weight is 606 g/mol. The number of hydrogen-bond acceptors (Lipinski definition) is 7. The van der Waals surface area contributed by atoms with Crippen LogP contribution >= 0.6 is 24.0 Å². The molecule has 14 heteroatoms. The van der Waals surface area contributed by atoms with E-state index in [-0.39, 0.29) is 47.1 Å². The van der Waals surface area contributed by atoms with Gasteiger partial charge in [-0.25, -0.2) is 14.4 Å². The molecular weight excluding hydrogens is 579 g/mol. The fraction of sp³-hybridized carbons (Fsp3) is 0.259. The second kappa shape index (κ2) is 12.7. The number of fused-ring (bicyclic) bond motifs is 1. The summed E-state index contributed by atoms with van der Waals surface area (Å²) in [6.45, 7) is 2.00. The first-order valence-corrected chi connectivity index (χ1v) is 12.8. The van der Waals surface area contributed by atoms with Crippen molar-refractivity contribution in [1.82, 2.24) is 29.5 Å². The van der Waals surface area contributed by atoms with Crippen LogP contribution in [0.1, 0.15) is 10.4 Å². The molecule has 10 nitrogen and oxygen atoms in total. The second-order valence-corrected chi connectivity index (χ2v) is 9.49. The molecule has 1 fully saturated rings. The van der Waals surface area contributed by atoms with Crippen LogP contribution in [0, 0.1) is 11.6 Å². The Bertz CT molecular complexity index is 1590. The molecule has 0 spiro atoms. The maximum Gasteiger partial charge on any atom is 0.255 e. The Morgan fingerprint density at radius 2 is 1.78 bits per heavy atom. The van der Waals surface area contributed by atoms with E-state index in [1.165, 1.54) is 31.6 Å². The van der Waals surface area contributed by atoms with E-state index in [4.69, 9.17) is 16.3 Å². The van der Waals surface area contributed by atoms with Crippen molar-refractivity contribution >= 4 is 53.0 Å². The van der Waals surface area contributed by atoms with Crippen LogP contribution in [0.3, 0.4) is 0 Å². The molecule has 2 N–H and O–H groups in total. The summed E-state index contributed by atoms with van der Waals surface area (Å²) in [6, 6.07) is 7.69. The van der Waals surface area contributed by atoms with E-state index in [9.17, 15) is 18.4 Å². The van der Waals surface area contributed by atoms with Gasteiger partial charge in [0.05, 0.1) is 36.1 Å². The number of carbonyl (C=O) groups excluding carboxylic acids is 2. The van der Waals surface area contributed by atoms with Crippen LogP contribution in [-0.2, 0) is 4.79 Å². The number of rotatable bonds is 7. The van der Waals surface area contributed by atoms with Gasteiger partial charge in [-0.2, -0.15) is 4.39 Å². The molecule has 0 aliphatic carbocycles. The number of likely N-dealkylation sites (N-methyl/N-ethyl adjacent to an activating group) is 1. The van der Waals surface area contributed by atoms with Gasteiger partial charge in [0.25, 0.3) is 5.91 Å². The van der Waals surface area contributed by atoms with E-state index in [1.807, 2.05) is 0 Å². The van der Waals surface area contributed by atoms with Crippen LogP contribution in [0.25, 0.3) is 16.9 Å². The van der Waals surface area contributed by atoms with Crippen molar-refractivity contribution in [2.45, 2.75) is 0 Å². The lowest BCUT2D eigenvalue weighted by atomic mass is 10.1. The topological polar surface area (TPSA) is 104 Å². The van der Waals surface area contributed by atoms with Crippen molar-refractivity contribution in [3.63, 3.8) is 0 Å². The molecule has 2 aromatic carbocycles. The van der Waals surface area contributed by atoms with Crippen molar-refractivity contribution in [2.75, 3.05) is 52.2 Å². The number of piperazine rings is 1. The summed E-state index contributed by atoms with van der Waals surface area (Å²) in [5.41, 5.74) is 1.60. The number of imidazole rings is 1. The molecule has 2 aromatic heterocycles. The number of amides is 2. The van der Waals surface area contributed by atoms with Gasteiger partial charge in [0.1, 0.15) is 0 Å². The number of nitrogens with zero attached hydrogens (tertiary/aromatic N) is 5. The number of aromatic nitrogens is 3. The number of anilines is 2. The van der Waals surface area contributed by atoms with Gasteiger partial charge in [-0.1, -0.05) is 11.6 Å². The van der Waals surface area contributed by atoms with Gasteiger partial charge in [-0.05, 0) is 37.4 Å². The molecule has 216 valence electrons. The molecule has 5 rings (SSSR count). The van der Waals surface area contributed by atoms with E-state index in [2.05, 4.69) is 20.6 Å². The Labute approximate surface area is 245 Å². The van der Waals surface area contributed by atoms with E-state index in [0.717, 1.165) is 0 Å². The SMILES string of the molecule is CNCC(=O)N1CCN(C(=O)c2ccc(Nc3nccn4c(-c5ccc(OC)c(F)c5F)cnc34)cc2Cl)CC1.Cl. The summed E-state index contributed by atoms with van der Waals surface area (Å²) in [7, 11) is 2.98. The molecule has 3 heterocycles. The Morgan fingerprint density at radius 3 is 2.46 bits per heavy atom. The van der Waals surface area contributed by atoms with Crippen LogP contribution in [0.15, 0.2) is 48.9 Å². The largest absolute Gasteiger partial charge is 0.494 e. The molecule has 0 saturated carbocycles. The minimum atomic E-state index is -1.09. The molecule has 0 unspecified atom stereocenters. The third kappa shape index (κ3) is 5.90. The van der Waals surface area contributed by atoms with Crippen molar-refractivity contribution in [3.8, 4) is 17.0 Å². The highest BCUT2D eigenvalue weighted by molar-refractivity contribution is 6.34. The van der Waals surface area contributed by atoms with Crippen LogP contribution in [0.5, 0.6) is 5.75 Å². The van der Waals surface area contributed by atoms with Gasteiger partial charge in [0.2, 0.25) is 11.7 Å².